The number of hydrogen-bond acceptors (Lipinski definition) is 2. The molecule has 1 aromatic carbocycles. The van der Waals surface area contributed by atoms with Crippen LogP contribution in [0.2, 0.25) is 0 Å². The minimum Gasteiger partial charge on any atom is -0.258 e. The molecule has 0 bridgehead atoms. The van der Waals surface area contributed by atoms with Crippen molar-refractivity contribution in [3.05, 3.63) is 51.1 Å². The van der Waals surface area contributed by atoms with Crippen molar-refractivity contribution >= 4 is 17.1 Å². The third-order valence-corrected chi connectivity index (χ3v) is 1.41. The van der Waals surface area contributed by atoms with Gasteiger partial charge in [0.05, 0.1) is 18.1 Å². The fourth-order valence-electron chi connectivity index (χ4n) is 0.809. The predicted molar refractivity (Wildman–Crippen MR) is 45.6 cm³/mol. The third-order valence-electron chi connectivity index (χ3n) is 1.41. The molecular formula is C8H3N3O2. The van der Waals surface area contributed by atoms with Gasteiger partial charge in [0.2, 0.25) is 5.69 Å². The van der Waals surface area contributed by atoms with E-state index in [1.54, 1.807) is 0 Å². The molecule has 0 radical (unpaired) electrons. The van der Waals surface area contributed by atoms with Crippen molar-refractivity contribution < 1.29 is 4.92 Å². The van der Waals surface area contributed by atoms with Crippen LogP contribution in [0.25, 0.3) is 9.69 Å². The zero-order chi connectivity index (χ0) is 9.84. The van der Waals surface area contributed by atoms with Gasteiger partial charge in [0.25, 0.3) is 5.69 Å². The average molecular weight is 173 g/mol. The summed E-state index contributed by atoms with van der Waals surface area (Å²) in [6.07, 6.45) is 0. The van der Waals surface area contributed by atoms with Crippen molar-refractivity contribution in [3.63, 3.8) is 0 Å². The summed E-state index contributed by atoms with van der Waals surface area (Å²) >= 11 is 0. The molecule has 0 amide bonds. The Morgan fingerprint density at radius 1 is 1.23 bits per heavy atom. The van der Waals surface area contributed by atoms with Crippen LogP contribution < -0.4 is 0 Å². The average Bonchev–Trinajstić information content (AvgIpc) is 2.16. The van der Waals surface area contributed by atoms with Crippen LogP contribution in [-0.2, 0) is 0 Å². The zero-order valence-electron chi connectivity index (χ0n) is 6.39. The number of rotatable bonds is 1. The largest absolute Gasteiger partial charge is 0.258 e. The molecule has 62 valence electrons. The van der Waals surface area contributed by atoms with Gasteiger partial charge in [0.1, 0.15) is 0 Å². The molecule has 0 unspecified atom stereocenters. The van der Waals surface area contributed by atoms with E-state index in [4.69, 9.17) is 13.1 Å². The zero-order valence-corrected chi connectivity index (χ0v) is 6.39. The maximum absolute atomic E-state index is 10.3. The Balaban J connectivity index is 3.33. The summed E-state index contributed by atoms with van der Waals surface area (Å²) in [4.78, 5) is 15.8. The van der Waals surface area contributed by atoms with Crippen LogP contribution in [0.15, 0.2) is 18.2 Å². The highest BCUT2D eigenvalue weighted by molar-refractivity contribution is 5.73. The minimum absolute atomic E-state index is 0.0178. The molecule has 0 aliphatic carbocycles. The molecule has 1 aromatic rings. The second kappa shape index (κ2) is 3.33. The first-order valence-corrected chi connectivity index (χ1v) is 3.22. The van der Waals surface area contributed by atoms with Crippen molar-refractivity contribution in [1.82, 2.24) is 0 Å². The van der Waals surface area contributed by atoms with Crippen LogP contribution in [0.3, 0.4) is 0 Å². The normalized spacial score (nSPS) is 8.46. The Hall–Kier alpha value is -2.40. The standard InChI is InChI=1S/C8H3N3O2/c1-9-7-4-3-6(11(12)13)5-8(7)10-2/h3-5H. The monoisotopic (exact) mass is 173 g/mol. The highest BCUT2D eigenvalue weighted by Gasteiger charge is 2.09. The molecule has 0 N–H and O–H groups in total. The molecule has 0 heterocycles. The summed E-state index contributed by atoms with van der Waals surface area (Å²) in [6.45, 7) is 13.4. The molecule has 0 aliphatic rings. The molecule has 0 saturated carbocycles. The van der Waals surface area contributed by atoms with E-state index in [9.17, 15) is 10.1 Å². The van der Waals surface area contributed by atoms with E-state index in [-0.39, 0.29) is 17.1 Å². The summed E-state index contributed by atoms with van der Waals surface area (Å²) in [6, 6.07) is 3.58. The van der Waals surface area contributed by atoms with E-state index in [0.717, 1.165) is 6.07 Å². The Kier molecular flexibility index (Phi) is 2.23. The number of nitrogens with zero attached hydrogens (tertiary/aromatic N) is 3. The van der Waals surface area contributed by atoms with E-state index in [1.807, 2.05) is 0 Å². The highest BCUT2D eigenvalue weighted by Crippen LogP contribution is 2.31. The maximum atomic E-state index is 10.3. The van der Waals surface area contributed by atoms with Crippen LogP contribution in [-0.4, -0.2) is 4.92 Å². The smallest absolute Gasteiger partial charge is 0.256 e. The minimum atomic E-state index is -0.595. The van der Waals surface area contributed by atoms with Crippen LogP contribution in [0.1, 0.15) is 0 Å². The summed E-state index contributed by atoms with van der Waals surface area (Å²) in [5.74, 6) is 0. The number of nitro benzene ring substituents is 1. The van der Waals surface area contributed by atoms with Gasteiger partial charge >= 0.3 is 0 Å². The molecule has 5 heteroatoms. The lowest BCUT2D eigenvalue weighted by Crippen LogP contribution is -1.85. The lowest BCUT2D eigenvalue weighted by molar-refractivity contribution is -0.384. The number of hydrogen-bond donors (Lipinski definition) is 0. The van der Waals surface area contributed by atoms with E-state index in [1.165, 1.54) is 12.1 Å². The first kappa shape index (κ1) is 8.69. The summed E-state index contributed by atoms with van der Waals surface area (Å²) in [5, 5.41) is 10.3. The molecule has 0 fully saturated rings. The van der Waals surface area contributed by atoms with Gasteiger partial charge in [-0.3, -0.25) is 15.0 Å². The number of nitro groups is 1. The first-order valence-electron chi connectivity index (χ1n) is 3.22. The lowest BCUT2D eigenvalue weighted by atomic mass is 10.2. The molecule has 0 spiro atoms. The van der Waals surface area contributed by atoms with Crippen LogP contribution >= 0.6 is 0 Å². The SMILES string of the molecule is [C-]#[N+]c1ccc([N+](=O)[O-])cc1[N+]#[C-]. The Morgan fingerprint density at radius 3 is 2.31 bits per heavy atom. The molecule has 5 nitrogen and oxygen atoms in total. The fraction of sp³-hybridized carbons (Fsp3) is 0. The molecule has 13 heavy (non-hydrogen) atoms. The molecular weight excluding hydrogens is 170 g/mol. The van der Waals surface area contributed by atoms with E-state index in [0.29, 0.717) is 0 Å². The van der Waals surface area contributed by atoms with E-state index in [2.05, 4.69) is 9.69 Å². The van der Waals surface area contributed by atoms with Crippen LogP contribution in [0.5, 0.6) is 0 Å². The number of benzene rings is 1. The van der Waals surface area contributed by atoms with E-state index >= 15 is 0 Å². The Labute approximate surface area is 74.0 Å². The Bertz CT molecular complexity index is 440. The highest BCUT2D eigenvalue weighted by atomic mass is 16.6. The van der Waals surface area contributed by atoms with Crippen molar-refractivity contribution in [3.8, 4) is 0 Å². The molecule has 0 aliphatic heterocycles. The van der Waals surface area contributed by atoms with Gasteiger partial charge in [-0.15, -0.1) is 0 Å². The van der Waals surface area contributed by atoms with Gasteiger partial charge < -0.3 is 0 Å². The van der Waals surface area contributed by atoms with Gasteiger partial charge in [-0.1, -0.05) is 6.07 Å². The van der Waals surface area contributed by atoms with Crippen molar-refractivity contribution in [2.75, 3.05) is 0 Å². The third kappa shape index (κ3) is 1.60. The van der Waals surface area contributed by atoms with E-state index < -0.39 is 4.92 Å². The Morgan fingerprint density at radius 2 is 1.85 bits per heavy atom. The molecule has 0 atom stereocenters. The second-order valence-electron chi connectivity index (χ2n) is 2.15. The molecule has 1 rings (SSSR count). The van der Waals surface area contributed by atoms with Gasteiger partial charge in [-0.05, 0) is 0 Å². The fourth-order valence-corrected chi connectivity index (χ4v) is 0.809. The van der Waals surface area contributed by atoms with Crippen LogP contribution in [0, 0.1) is 23.3 Å². The quantitative estimate of drug-likeness (QED) is 0.372. The van der Waals surface area contributed by atoms with Crippen molar-refractivity contribution in [1.29, 1.82) is 0 Å². The summed E-state index contributed by atoms with van der Waals surface area (Å²) in [5.41, 5.74) is -0.0109. The van der Waals surface area contributed by atoms with Gasteiger partial charge in [-0.25, -0.2) is 4.85 Å². The summed E-state index contributed by atoms with van der Waals surface area (Å²) < 4.78 is 0. The molecule has 0 aromatic heterocycles. The van der Waals surface area contributed by atoms with Gasteiger partial charge in [0, 0.05) is 12.1 Å². The summed E-state index contributed by atoms with van der Waals surface area (Å²) in [7, 11) is 0. The first-order chi connectivity index (χ1) is 6.19. The maximum Gasteiger partial charge on any atom is 0.256 e. The van der Waals surface area contributed by atoms with Gasteiger partial charge in [0.15, 0.2) is 5.69 Å². The predicted octanol–water partition coefficient (Wildman–Crippen LogP) is 2.70. The molecule has 0 saturated heterocycles. The van der Waals surface area contributed by atoms with Gasteiger partial charge in [-0.2, -0.15) is 0 Å². The van der Waals surface area contributed by atoms with Crippen molar-refractivity contribution in [2.45, 2.75) is 0 Å². The topological polar surface area (TPSA) is 51.9 Å². The van der Waals surface area contributed by atoms with Crippen LogP contribution in [0.4, 0.5) is 17.1 Å². The van der Waals surface area contributed by atoms with Crippen molar-refractivity contribution in [2.24, 2.45) is 0 Å². The second-order valence-corrected chi connectivity index (χ2v) is 2.15. The lowest BCUT2D eigenvalue weighted by Gasteiger charge is -1.93. The number of non-ortho nitro benzene ring substituents is 1.